The zero-order chi connectivity index (χ0) is 19.7. The van der Waals surface area contributed by atoms with Gasteiger partial charge in [0.15, 0.2) is 0 Å². The maximum absolute atomic E-state index is 9.64. The molecule has 0 spiro atoms. The van der Waals surface area contributed by atoms with E-state index >= 15 is 0 Å². The molecule has 0 saturated heterocycles. The van der Waals surface area contributed by atoms with Crippen molar-refractivity contribution in [2.45, 2.75) is 73.3 Å². The molecule has 0 bridgehead atoms. The van der Waals surface area contributed by atoms with Crippen LogP contribution in [-0.4, -0.2) is 48.2 Å². The predicted molar refractivity (Wildman–Crippen MR) is 111 cm³/mol. The zero-order valence-electron chi connectivity index (χ0n) is 16.6. The van der Waals surface area contributed by atoms with Crippen LogP contribution >= 0.6 is 0 Å². The molecular formula is C20H41N3O3. The van der Waals surface area contributed by atoms with Crippen molar-refractivity contribution in [2.75, 3.05) is 20.3 Å². The summed E-state index contributed by atoms with van der Waals surface area (Å²) in [6.45, 7) is 12.1. The summed E-state index contributed by atoms with van der Waals surface area (Å²) in [5.74, 6) is -0.0919. The van der Waals surface area contributed by atoms with Gasteiger partial charge in [0, 0.05) is 6.04 Å². The normalized spacial score (nSPS) is 15.6. The molecule has 0 aromatic rings. The van der Waals surface area contributed by atoms with E-state index < -0.39 is 0 Å². The molecule has 1 unspecified atom stereocenters. The van der Waals surface area contributed by atoms with Crippen LogP contribution in [0.5, 0.6) is 0 Å². The zero-order valence-corrected chi connectivity index (χ0v) is 16.6. The molecule has 0 aromatic heterocycles. The van der Waals surface area contributed by atoms with E-state index in [0.717, 1.165) is 12.8 Å². The number of hydroxylamine groups is 2. The second-order valence-electron chi connectivity index (χ2n) is 5.43. The van der Waals surface area contributed by atoms with E-state index in [1.807, 2.05) is 26.8 Å². The molecule has 0 amide bonds. The van der Waals surface area contributed by atoms with Crippen LogP contribution in [0.25, 0.3) is 0 Å². The first-order valence-corrected chi connectivity index (χ1v) is 9.06. The van der Waals surface area contributed by atoms with Crippen LogP contribution in [0.2, 0.25) is 0 Å². The average Bonchev–Trinajstić information content (AvgIpc) is 2.64. The number of nitrogens with one attached hydrogen (secondary N) is 2. The number of rotatable bonds is 8. The van der Waals surface area contributed by atoms with Gasteiger partial charge < -0.3 is 14.7 Å². The van der Waals surface area contributed by atoms with Crippen molar-refractivity contribution < 1.29 is 14.7 Å². The minimum absolute atomic E-state index is 0. The Balaban J connectivity index is -0.000000665. The van der Waals surface area contributed by atoms with Crippen molar-refractivity contribution in [2.24, 2.45) is 0 Å². The Morgan fingerprint density at radius 2 is 1.92 bits per heavy atom. The highest BCUT2D eigenvalue weighted by molar-refractivity contribution is 6.43. The molecule has 0 aromatic carbocycles. The Labute approximate surface area is 160 Å². The molecule has 1 heterocycles. The lowest BCUT2D eigenvalue weighted by Crippen LogP contribution is -2.37. The molecule has 26 heavy (non-hydrogen) atoms. The maximum atomic E-state index is 9.64. The van der Waals surface area contributed by atoms with Gasteiger partial charge in [-0.2, -0.15) is 5.06 Å². The number of nitrogens with zero attached hydrogens (tertiary/aromatic N) is 1. The second kappa shape index (κ2) is 19.7. The van der Waals surface area contributed by atoms with Crippen LogP contribution in [0, 0.1) is 10.8 Å². The Hall–Kier alpha value is -1.66. The summed E-state index contributed by atoms with van der Waals surface area (Å²) in [4.78, 5) is 0. The van der Waals surface area contributed by atoms with E-state index in [0.29, 0.717) is 25.1 Å². The largest absolute Gasteiger partial charge is 0.505 e. The Morgan fingerprint density at radius 1 is 1.35 bits per heavy atom. The summed E-state index contributed by atoms with van der Waals surface area (Å²) in [6.07, 6.45) is 8.35. The van der Waals surface area contributed by atoms with Gasteiger partial charge in [0.05, 0.1) is 26.5 Å². The van der Waals surface area contributed by atoms with Crippen LogP contribution in [0.3, 0.4) is 0 Å². The second-order valence-corrected chi connectivity index (χ2v) is 5.43. The lowest BCUT2D eigenvalue weighted by molar-refractivity contribution is -0.115. The van der Waals surface area contributed by atoms with Gasteiger partial charge in [0.2, 0.25) is 5.90 Å². The van der Waals surface area contributed by atoms with Gasteiger partial charge in [-0.25, -0.2) is 0 Å². The molecule has 6 nitrogen and oxygen atoms in total. The number of methoxy groups -OCH3 is 1. The summed E-state index contributed by atoms with van der Waals surface area (Å²) in [5.41, 5.74) is 0.751. The Kier molecular flexibility index (Phi) is 22.0. The van der Waals surface area contributed by atoms with Crippen LogP contribution in [0.4, 0.5) is 0 Å². The smallest absolute Gasteiger partial charge is 0.232 e. The number of hydrogen-bond donors (Lipinski definition) is 3. The molecule has 6 heteroatoms. The van der Waals surface area contributed by atoms with Crippen LogP contribution < -0.4 is 0 Å². The van der Waals surface area contributed by atoms with Gasteiger partial charge >= 0.3 is 0 Å². The number of unbranched alkanes of at least 4 members (excludes halogenated alkanes) is 3. The van der Waals surface area contributed by atoms with Gasteiger partial charge in [0.25, 0.3) is 0 Å². The number of hydrogen-bond acceptors (Lipinski definition) is 6. The Morgan fingerprint density at radius 3 is 2.38 bits per heavy atom. The SMILES string of the molecule is C.C=COC.CC.CCCCCCOC(=N)C(=N)C1=CCC(C)N(O)C1. The molecule has 0 fully saturated rings. The van der Waals surface area contributed by atoms with Crippen LogP contribution in [-0.2, 0) is 9.47 Å². The standard InChI is InChI=1S/C14H25N3O2.C3H6O.C2H6.CH4/c1-3-4-5-6-9-19-14(16)13(15)12-8-7-11(2)17(18)10-12;1-3-4-2;1-2;/h8,11,15-16,18H,3-7,9-10H2,1-2H3;3H,1H2,2H3;1-2H3;1H4. The number of ether oxygens (including phenoxy) is 2. The van der Waals surface area contributed by atoms with Crippen molar-refractivity contribution in [3.63, 3.8) is 0 Å². The summed E-state index contributed by atoms with van der Waals surface area (Å²) in [6, 6.07) is 0.0701. The monoisotopic (exact) mass is 371 g/mol. The third-order valence-corrected chi connectivity index (χ3v) is 3.51. The van der Waals surface area contributed by atoms with Gasteiger partial charge in [0.1, 0.15) is 5.71 Å². The van der Waals surface area contributed by atoms with E-state index in [4.69, 9.17) is 15.6 Å². The highest BCUT2D eigenvalue weighted by Crippen LogP contribution is 2.15. The summed E-state index contributed by atoms with van der Waals surface area (Å²) in [7, 11) is 1.56. The molecule has 0 aliphatic carbocycles. The van der Waals surface area contributed by atoms with E-state index in [1.54, 1.807) is 7.11 Å². The third kappa shape index (κ3) is 13.6. The van der Waals surface area contributed by atoms with Crippen molar-refractivity contribution in [1.82, 2.24) is 5.06 Å². The van der Waals surface area contributed by atoms with Crippen molar-refractivity contribution in [3.8, 4) is 0 Å². The molecule has 1 aliphatic heterocycles. The van der Waals surface area contributed by atoms with E-state index in [-0.39, 0.29) is 25.1 Å². The highest BCUT2D eigenvalue weighted by atomic mass is 16.5. The third-order valence-electron chi connectivity index (χ3n) is 3.51. The van der Waals surface area contributed by atoms with Gasteiger partial charge in [-0.1, -0.05) is 60.1 Å². The van der Waals surface area contributed by atoms with E-state index in [2.05, 4.69) is 18.2 Å². The fourth-order valence-corrected chi connectivity index (χ4v) is 1.93. The van der Waals surface area contributed by atoms with Gasteiger partial charge in [-0.3, -0.25) is 10.8 Å². The molecule has 3 N–H and O–H groups in total. The van der Waals surface area contributed by atoms with E-state index in [1.165, 1.54) is 24.2 Å². The van der Waals surface area contributed by atoms with E-state index in [9.17, 15) is 5.21 Å². The molecular weight excluding hydrogens is 330 g/mol. The fraction of sp³-hybridized carbons (Fsp3) is 0.700. The average molecular weight is 372 g/mol. The molecule has 1 aliphatic rings. The molecule has 0 radical (unpaired) electrons. The van der Waals surface area contributed by atoms with Crippen LogP contribution in [0.1, 0.15) is 67.2 Å². The summed E-state index contributed by atoms with van der Waals surface area (Å²) < 4.78 is 9.59. The summed E-state index contributed by atoms with van der Waals surface area (Å²) in [5, 5.41) is 26.5. The predicted octanol–water partition coefficient (Wildman–Crippen LogP) is 5.43. The molecule has 154 valence electrons. The minimum Gasteiger partial charge on any atom is -0.505 e. The first kappa shape index (κ1) is 29.1. The fourth-order valence-electron chi connectivity index (χ4n) is 1.93. The lowest BCUT2D eigenvalue weighted by atomic mass is 10.0. The lowest BCUT2D eigenvalue weighted by Gasteiger charge is -2.27. The first-order chi connectivity index (χ1) is 12.0. The van der Waals surface area contributed by atoms with Crippen molar-refractivity contribution in [3.05, 3.63) is 24.5 Å². The maximum Gasteiger partial charge on any atom is 0.232 e. The topological polar surface area (TPSA) is 89.6 Å². The van der Waals surface area contributed by atoms with Crippen molar-refractivity contribution in [1.29, 1.82) is 10.8 Å². The van der Waals surface area contributed by atoms with Crippen molar-refractivity contribution >= 4 is 11.6 Å². The Bertz CT molecular complexity index is 409. The minimum atomic E-state index is -0.0919. The molecule has 1 atom stereocenters. The summed E-state index contributed by atoms with van der Waals surface area (Å²) >= 11 is 0. The van der Waals surface area contributed by atoms with Gasteiger partial charge in [-0.15, -0.1) is 0 Å². The van der Waals surface area contributed by atoms with Gasteiger partial charge in [-0.05, 0) is 25.3 Å². The highest BCUT2D eigenvalue weighted by Gasteiger charge is 2.22. The van der Waals surface area contributed by atoms with Crippen LogP contribution in [0.15, 0.2) is 24.5 Å². The molecule has 0 saturated carbocycles. The first-order valence-electron chi connectivity index (χ1n) is 9.06. The molecule has 1 rings (SSSR count). The quantitative estimate of drug-likeness (QED) is 0.230.